The topological polar surface area (TPSA) is 20.2 Å². The molecular weight excluding hydrogens is 263 g/mol. The number of aliphatic hydroxyl groups is 1. The van der Waals surface area contributed by atoms with E-state index in [1.54, 1.807) is 0 Å². The van der Waals surface area contributed by atoms with Crippen LogP contribution >= 0.6 is 11.6 Å². The van der Waals surface area contributed by atoms with Crippen molar-refractivity contribution < 1.29 is 9.50 Å². The monoisotopic (exact) mass is 284 g/mol. The molecule has 1 aromatic rings. The van der Waals surface area contributed by atoms with Crippen LogP contribution < -0.4 is 0 Å². The van der Waals surface area contributed by atoms with Gasteiger partial charge in [0.25, 0.3) is 0 Å². The molecule has 1 atom stereocenters. The molecule has 19 heavy (non-hydrogen) atoms. The largest absolute Gasteiger partial charge is 0.388 e. The van der Waals surface area contributed by atoms with Gasteiger partial charge in [-0.15, -0.1) is 0 Å². The third kappa shape index (κ3) is 3.70. The zero-order valence-electron chi connectivity index (χ0n) is 11.4. The summed E-state index contributed by atoms with van der Waals surface area (Å²) in [6.07, 6.45) is 6.24. The van der Waals surface area contributed by atoms with Crippen LogP contribution in [0, 0.1) is 17.7 Å². The molecule has 1 N–H and O–H groups in total. The van der Waals surface area contributed by atoms with E-state index < -0.39 is 6.10 Å². The Morgan fingerprint density at radius 3 is 2.63 bits per heavy atom. The van der Waals surface area contributed by atoms with Crippen LogP contribution in [0.3, 0.4) is 0 Å². The first-order valence-corrected chi connectivity index (χ1v) is 7.62. The molecule has 1 aliphatic carbocycles. The Bertz CT molecular complexity index is 413. The van der Waals surface area contributed by atoms with Crippen LogP contribution in [0.4, 0.5) is 4.39 Å². The van der Waals surface area contributed by atoms with Crippen LogP contribution in [0.5, 0.6) is 0 Å². The number of hydrogen-bond donors (Lipinski definition) is 1. The van der Waals surface area contributed by atoms with E-state index in [9.17, 15) is 9.50 Å². The van der Waals surface area contributed by atoms with Gasteiger partial charge >= 0.3 is 0 Å². The molecule has 0 saturated heterocycles. The van der Waals surface area contributed by atoms with Gasteiger partial charge in [-0.3, -0.25) is 0 Å². The Morgan fingerprint density at radius 2 is 2.00 bits per heavy atom. The molecule has 0 bridgehead atoms. The summed E-state index contributed by atoms with van der Waals surface area (Å²) in [5.41, 5.74) is 0.542. The molecule has 1 unspecified atom stereocenters. The van der Waals surface area contributed by atoms with Gasteiger partial charge < -0.3 is 5.11 Å². The second-order valence-corrected chi connectivity index (χ2v) is 6.09. The number of hydrogen-bond acceptors (Lipinski definition) is 1. The molecule has 0 aromatic heterocycles. The van der Waals surface area contributed by atoms with Crippen LogP contribution in [0.2, 0.25) is 5.02 Å². The van der Waals surface area contributed by atoms with Crippen LogP contribution in [-0.2, 0) is 0 Å². The Balaban J connectivity index is 2.01. The summed E-state index contributed by atoms with van der Waals surface area (Å²) in [4.78, 5) is 0. The standard InChI is InChI=1S/C16H22ClFO/c1-2-3-11-4-6-12(7-5-11)16(19)14-10-13(18)8-9-15(14)17/h8-12,16,19H,2-7H2,1H3. The minimum atomic E-state index is -0.634. The van der Waals surface area contributed by atoms with Gasteiger partial charge in [0.1, 0.15) is 5.82 Å². The smallest absolute Gasteiger partial charge is 0.123 e. The zero-order valence-corrected chi connectivity index (χ0v) is 12.2. The lowest BCUT2D eigenvalue weighted by molar-refractivity contribution is 0.0720. The van der Waals surface area contributed by atoms with E-state index in [2.05, 4.69) is 6.92 Å². The summed E-state index contributed by atoms with van der Waals surface area (Å²) >= 11 is 6.06. The maximum atomic E-state index is 13.3. The van der Waals surface area contributed by atoms with E-state index in [1.807, 2.05) is 0 Å². The maximum absolute atomic E-state index is 13.3. The van der Waals surface area contributed by atoms with Gasteiger partial charge in [0.15, 0.2) is 0 Å². The predicted octanol–water partition coefficient (Wildman–Crippen LogP) is 5.12. The van der Waals surface area contributed by atoms with Crippen molar-refractivity contribution in [1.29, 1.82) is 0 Å². The van der Waals surface area contributed by atoms with E-state index >= 15 is 0 Å². The van der Waals surface area contributed by atoms with Crippen molar-refractivity contribution in [2.45, 2.75) is 51.6 Å². The highest BCUT2D eigenvalue weighted by Gasteiger charge is 2.28. The van der Waals surface area contributed by atoms with Crippen LogP contribution in [0.1, 0.15) is 57.1 Å². The van der Waals surface area contributed by atoms with Crippen molar-refractivity contribution in [1.82, 2.24) is 0 Å². The fraction of sp³-hybridized carbons (Fsp3) is 0.625. The minimum absolute atomic E-state index is 0.215. The Hall–Kier alpha value is -0.600. The summed E-state index contributed by atoms with van der Waals surface area (Å²) in [6.45, 7) is 2.22. The van der Waals surface area contributed by atoms with Crippen molar-refractivity contribution in [3.63, 3.8) is 0 Å². The fourth-order valence-electron chi connectivity index (χ4n) is 3.20. The molecule has 1 aromatic carbocycles. The van der Waals surface area contributed by atoms with E-state index in [1.165, 1.54) is 43.9 Å². The van der Waals surface area contributed by atoms with E-state index in [0.717, 1.165) is 18.8 Å². The van der Waals surface area contributed by atoms with Crippen molar-refractivity contribution in [2.75, 3.05) is 0 Å². The predicted molar refractivity (Wildman–Crippen MR) is 76.7 cm³/mol. The lowest BCUT2D eigenvalue weighted by atomic mass is 9.76. The molecule has 3 heteroatoms. The van der Waals surface area contributed by atoms with Gasteiger partial charge in [-0.2, -0.15) is 0 Å². The minimum Gasteiger partial charge on any atom is -0.388 e. The van der Waals surface area contributed by atoms with E-state index in [-0.39, 0.29) is 11.7 Å². The van der Waals surface area contributed by atoms with Crippen molar-refractivity contribution >= 4 is 11.6 Å². The molecule has 2 rings (SSSR count). The first kappa shape index (κ1) is 14.8. The van der Waals surface area contributed by atoms with E-state index in [0.29, 0.717) is 10.6 Å². The highest BCUT2D eigenvalue weighted by atomic mass is 35.5. The average molecular weight is 285 g/mol. The van der Waals surface area contributed by atoms with Crippen LogP contribution in [0.25, 0.3) is 0 Å². The lowest BCUT2D eigenvalue weighted by Gasteiger charge is -2.31. The third-order valence-electron chi connectivity index (χ3n) is 4.31. The maximum Gasteiger partial charge on any atom is 0.123 e. The van der Waals surface area contributed by atoms with E-state index in [4.69, 9.17) is 11.6 Å². The second kappa shape index (κ2) is 6.71. The number of benzene rings is 1. The lowest BCUT2D eigenvalue weighted by Crippen LogP contribution is -2.20. The number of rotatable bonds is 4. The van der Waals surface area contributed by atoms with Crippen molar-refractivity contribution in [3.8, 4) is 0 Å². The third-order valence-corrected chi connectivity index (χ3v) is 4.66. The molecule has 1 saturated carbocycles. The van der Waals surface area contributed by atoms with Crippen LogP contribution in [-0.4, -0.2) is 5.11 Å². The molecule has 1 nitrogen and oxygen atoms in total. The Labute approximate surface area is 119 Å². The second-order valence-electron chi connectivity index (χ2n) is 5.68. The van der Waals surface area contributed by atoms with Crippen LogP contribution in [0.15, 0.2) is 18.2 Å². The van der Waals surface area contributed by atoms with Crippen molar-refractivity contribution in [3.05, 3.63) is 34.6 Å². The van der Waals surface area contributed by atoms with Gasteiger partial charge in [0.2, 0.25) is 0 Å². The molecular formula is C16H22ClFO. The van der Waals surface area contributed by atoms with Crippen molar-refractivity contribution in [2.24, 2.45) is 11.8 Å². The van der Waals surface area contributed by atoms with Gasteiger partial charge in [0, 0.05) is 10.6 Å². The van der Waals surface area contributed by atoms with Gasteiger partial charge in [0.05, 0.1) is 6.10 Å². The highest BCUT2D eigenvalue weighted by Crippen LogP contribution is 2.40. The fourth-order valence-corrected chi connectivity index (χ4v) is 3.43. The summed E-state index contributed by atoms with van der Waals surface area (Å²) in [5.74, 6) is 0.682. The average Bonchev–Trinajstić information content (AvgIpc) is 2.42. The zero-order chi connectivity index (χ0) is 13.8. The molecule has 1 aliphatic rings. The molecule has 0 amide bonds. The Morgan fingerprint density at radius 1 is 1.32 bits per heavy atom. The molecule has 0 spiro atoms. The SMILES string of the molecule is CCCC1CCC(C(O)c2cc(F)ccc2Cl)CC1. The number of aliphatic hydroxyl groups excluding tert-OH is 1. The van der Waals surface area contributed by atoms with Gasteiger partial charge in [-0.1, -0.05) is 44.2 Å². The molecule has 0 aliphatic heterocycles. The Kier molecular flexibility index (Phi) is 5.23. The quantitative estimate of drug-likeness (QED) is 0.814. The molecule has 0 radical (unpaired) electrons. The first-order chi connectivity index (χ1) is 9.11. The molecule has 106 valence electrons. The summed E-state index contributed by atoms with van der Waals surface area (Å²) in [5, 5.41) is 10.9. The molecule has 1 fully saturated rings. The summed E-state index contributed by atoms with van der Waals surface area (Å²) in [6, 6.07) is 4.22. The normalized spacial score (nSPS) is 25.3. The summed E-state index contributed by atoms with van der Waals surface area (Å²) in [7, 11) is 0. The number of halogens is 2. The first-order valence-electron chi connectivity index (χ1n) is 7.24. The van der Waals surface area contributed by atoms with Gasteiger partial charge in [-0.05, 0) is 42.9 Å². The molecule has 0 heterocycles. The summed E-state index contributed by atoms with van der Waals surface area (Å²) < 4.78 is 13.3. The van der Waals surface area contributed by atoms with Gasteiger partial charge in [-0.25, -0.2) is 4.39 Å². The highest BCUT2D eigenvalue weighted by molar-refractivity contribution is 6.31.